The molecule has 3 N–H and O–H groups in total. The van der Waals surface area contributed by atoms with Gasteiger partial charge in [-0.05, 0) is 30.5 Å². The van der Waals surface area contributed by atoms with Crippen molar-refractivity contribution in [1.82, 2.24) is 4.98 Å². The molecule has 21 heavy (non-hydrogen) atoms. The van der Waals surface area contributed by atoms with Crippen LogP contribution >= 0.6 is 11.8 Å². The van der Waals surface area contributed by atoms with Gasteiger partial charge in [0.15, 0.2) is 0 Å². The number of hydrogen-bond acceptors (Lipinski definition) is 4. The molecule has 0 aliphatic rings. The van der Waals surface area contributed by atoms with Crippen LogP contribution < -0.4 is 11.1 Å². The molecule has 0 fully saturated rings. The molecule has 0 saturated heterocycles. The van der Waals surface area contributed by atoms with Crippen LogP contribution in [-0.2, 0) is 0 Å². The number of nitrogens with two attached hydrogens (primary N) is 1. The van der Waals surface area contributed by atoms with E-state index >= 15 is 0 Å². The molecule has 0 spiro atoms. The lowest BCUT2D eigenvalue weighted by Gasteiger charge is -2.07. The second-order valence-electron chi connectivity index (χ2n) is 4.11. The fourth-order valence-electron chi connectivity index (χ4n) is 1.74. The van der Waals surface area contributed by atoms with E-state index in [1.54, 1.807) is 30.2 Å². The Hall–Kier alpha value is -2.29. The number of carbonyl (C=O) groups is 1. The molecule has 0 radical (unpaired) electrons. The van der Waals surface area contributed by atoms with Gasteiger partial charge in [0.1, 0.15) is 0 Å². The zero-order valence-corrected chi connectivity index (χ0v) is 12.4. The van der Waals surface area contributed by atoms with Crippen LogP contribution in [0.1, 0.15) is 15.9 Å². The van der Waals surface area contributed by atoms with Gasteiger partial charge in [-0.1, -0.05) is 17.9 Å². The lowest BCUT2D eigenvalue weighted by Crippen LogP contribution is -2.13. The van der Waals surface area contributed by atoms with Crippen molar-refractivity contribution in [1.29, 1.82) is 0 Å². The fourth-order valence-corrected chi connectivity index (χ4v) is 2.20. The van der Waals surface area contributed by atoms with Crippen LogP contribution in [0.4, 0.5) is 5.69 Å². The van der Waals surface area contributed by atoms with Gasteiger partial charge in [-0.2, -0.15) is 0 Å². The smallest absolute Gasteiger partial charge is 0.257 e. The predicted octanol–water partition coefficient (Wildman–Crippen LogP) is 2.37. The van der Waals surface area contributed by atoms with Crippen LogP contribution in [-0.4, -0.2) is 23.7 Å². The molecule has 0 atom stereocenters. The number of carbonyl (C=O) groups excluding carboxylic acids is 1. The zero-order valence-electron chi connectivity index (χ0n) is 11.6. The maximum atomic E-state index is 12.4. The standard InChI is InChI=1S/C16H15N3OS/c1-21-14-6-2-5-13(10-14)19-16(20)15-7-9-18-11-12(15)4-3-8-17/h2,5-7,9-11H,8,17H2,1H3,(H,19,20). The Kier molecular flexibility index (Phi) is 5.38. The van der Waals surface area contributed by atoms with Crippen LogP contribution in [0.5, 0.6) is 0 Å². The Balaban J connectivity index is 2.24. The number of anilines is 1. The molecule has 1 aromatic heterocycles. The fraction of sp³-hybridized carbons (Fsp3) is 0.125. The van der Waals surface area contributed by atoms with E-state index in [1.807, 2.05) is 30.5 Å². The van der Waals surface area contributed by atoms with Crippen molar-refractivity contribution < 1.29 is 4.79 Å². The van der Waals surface area contributed by atoms with Gasteiger partial charge >= 0.3 is 0 Å². The summed E-state index contributed by atoms with van der Waals surface area (Å²) in [5.74, 6) is 5.38. The van der Waals surface area contributed by atoms with E-state index in [9.17, 15) is 4.79 Å². The summed E-state index contributed by atoms with van der Waals surface area (Å²) in [4.78, 5) is 17.4. The van der Waals surface area contributed by atoms with Crippen LogP contribution in [0, 0.1) is 11.8 Å². The van der Waals surface area contributed by atoms with Crippen molar-refractivity contribution in [3.05, 3.63) is 53.9 Å². The summed E-state index contributed by atoms with van der Waals surface area (Å²) in [5.41, 5.74) is 7.17. The molecule has 2 aromatic rings. The first-order chi connectivity index (χ1) is 10.2. The monoisotopic (exact) mass is 297 g/mol. The van der Waals surface area contributed by atoms with Gasteiger partial charge in [-0.15, -0.1) is 11.8 Å². The number of aromatic nitrogens is 1. The molecule has 0 saturated carbocycles. The second-order valence-corrected chi connectivity index (χ2v) is 4.99. The highest BCUT2D eigenvalue weighted by Crippen LogP contribution is 2.19. The van der Waals surface area contributed by atoms with Gasteiger partial charge < -0.3 is 11.1 Å². The van der Waals surface area contributed by atoms with Crippen LogP contribution in [0.25, 0.3) is 0 Å². The molecular weight excluding hydrogens is 282 g/mol. The molecule has 0 aliphatic carbocycles. The molecule has 2 rings (SSSR count). The Labute approximate surface area is 128 Å². The molecule has 5 heteroatoms. The minimum atomic E-state index is -0.211. The van der Waals surface area contributed by atoms with Crippen molar-refractivity contribution in [2.24, 2.45) is 5.73 Å². The van der Waals surface area contributed by atoms with E-state index in [0.29, 0.717) is 11.1 Å². The van der Waals surface area contributed by atoms with Crippen molar-refractivity contribution in [3.63, 3.8) is 0 Å². The topological polar surface area (TPSA) is 68.0 Å². The molecule has 1 heterocycles. The number of rotatable bonds is 3. The van der Waals surface area contributed by atoms with E-state index in [0.717, 1.165) is 10.6 Å². The minimum Gasteiger partial charge on any atom is -0.322 e. The number of nitrogens with zero attached hydrogens (tertiary/aromatic N) is 1. The molecule has 1 amide bonds. The summed E-state index contributed by atoms with van der Waals surface area (Å²) in [6.07, 6.45) is 5.13. The van der Waals surface area contributed by atoms with Gasteiger partial charge in [0.25, 0.3) is 5.91 Å². The highest BCUT2D eigenvalue weighted by atomic mass is 32.2. The zero-order chi connectivity index (χ0) is 15.1. The summed E-state index contributed by atoms with van der Waals surface area (Å²) in [7, 11) is 0. The summed E-state index contributed by atoms with van der Waals surface area (Å²) < 4.78 is 0. The van der Waals surface area contributed by atoms with Crippen molar-refractivity contribution in [2.75, 3.05) is 18.1 Å². The first kappa shape index (κ1) is 15.1. The van der Waals surface area contributed by atoms with Gasteiger partial charge in [0.05, 0.1) is 17.7 Å². The third kappa shape index (κ3) is 4.09. The number of amides is 1. The van der Waals surface area contributed by atoms with E-state index in [1.165, 1.54) is 0 Å². The first-order valence-corrected chi connectivity index (χ1v) is 7.55. The van der Waals surface area contributed by atoms with Gasteiger partial charge in [0, 0.05) is 23.0 Å². The minimum absolute atomic E-state index is 0.211. The van der Waals surface area contributed by atoms with Crippen molar-refractivity contribution in [2.45, 2.75) is 4.90 Å². The Morgan fingerprint density at radius 1 is 1.43 bits per heavy atom. The average Bonchev–Trinajstić information content (AvgIpc) is 2.53. The number of pyridine rings is 1. The number of hydrogen-bond donors (Lipinski definition) is 2. The second kappa shape index (κ2) is 7.48. The largest absolute Gasteiger partial charge is 0.322 e. The molecule has 0 unspecified atom stereocenters. The van der Waals surface area contributed by atoms with E-state index in [2.05, 4.69) is 22.1 Å². The normalized spacial score (nSPS) is 9.62. The summed E-state index contributed by atoms with van der Waals surface area (Å²) >= 11 is 1.62. The van der Waals surface area contributed by atoms with Crippen molar-refractivity contribution in [3.8, 4) is 11.8 Å². The predicted molar refractivity (Wildman–Crippen MR) is 86.3 cm³/mol. The maximum absolute atomic E-state index is 12.4. The van der Waals surface area contributed by atoms with E-state index < -0.39 is 0 Å². The van der Waals surface area contributed by atoms with Gasteiger partial charge in [-0.25, -0.2) is 0 Å². The van der Waals surface area contributed by atoms with Gasteiger partial charge in [0.2, 0.25) is 0 Å². The molecule has 0 bridgehead atoms. The average molecular weight is 297 g/mol. The lowest BCUT2D eigenvalue weighted by atomic mass is 10.1. The number of thioether (sulfide) groups is 1. The van der Waals surface area contributed by atoms with Crippen LogP contribution in [0.3, 0.4) is 0 Å². The van der Waals surface area contributed by atoms with Crippen molar-refractivity contribution >= 4 is 23.4 Å². The SMILES string of the molecule is CSc1cccc(NC(=O)c2ccncc2C#CCN)c1. The number of benzene rings is 1. The molecular formula is C16H15N3OS. The molecule has 4 nitrogen and oxygen atoms in total. The van der Waals surface area contributed by atoms with Crippen LogP contribution in [0.15, 0.2) is 47.6 Å². The third-order valence-electron chi connectivity index (χ3n) is 2.72. The summed E-state index contributed by atoms with van der Waals surface area (Å²) in [5, 5.41) is 2.87. The lowest BCUT2D eigenvalue weighted by molar-refractivity contribution is 0.102. The van der Waals surface area contributed by atoms with Gasteiger partial charge in [-0.3, -0.25) is 9.78 Å². The summed E-state index contributed by atoms with van der Waals surface area (Å²) in [6, 6.07) is 9.32. The quantitative estimate of drug-likeness (QED) is 0.674. The molecule has 1 aromatic carbocycles. The highest BCUT2D eigenvalue weighted by Gasteiger charge is 2.10. The van der Waals surface area contributed by atoms with E-state index in [-0.39, 0.29) is 12.5 Å². The third-order valence-corrected chi connectivity index (χ3v) is 3.44. The van der Waals surface area contributed by atoms with E-state index in [4.69, 9.17) is 5.73 Å². The maximum Gasteiger partial charge on any atom is 0.257 e. The highest BCUT2D eigenvalue weighted by molar-refractivity contribution is 7.98. The molecule has 106 valence electrons. The summed E-state index contributed by atoms with van der Waals surface area (Å²) in [6.45, 7) is 0.242. The Morgan fingerprint density at radius 3 is 3.05 bits per heavy atom. The number of nitrogens with one attached hydrogen (secondary N) is 1. The van der Waals surface area contributed by atoms with Crippen LogP contribution in [0.2, 0.25) is 0 Å². The Morgan fingerprint density at radius 2 is 2.29 bits per heavy atom. The molecule has 0 aliphatic heterocycles. The first-order valence-electron chi connectivity index (χ1n) is 6.33. The Bertz CT molecular complexity index is 704.